The minimum Gasteiger partial charge on any atom is -0.493 e. The van der Waals surface area contributed by atoms with E-state index in [1.54, 1.807) is 20.4 Å². The van der Waals surface area contributed by atoms with Gasteiger partial charge in [-0.25, -0.2) is 4.98 Å². The van der Waals surface area contributed by atoms with E-state index >= 15 is 0 Å². The van der Waals surface area contributed by atoms with Gasteiger partial charge in [0.15, 0.2) is 11.5 Å². The zero-order valence-corrected chi connectivity index (χ0v) is 18.9. The zero-order valence-electron chi connectivity index (χ0n) is 18.1. The summed E-state index contributed by atoms with van der Waals surface area (Å²) >= 11 is 0. The molecule has 4 rings (SSSR count). The maximum atomic E-state index is 11.6. The van der Waals surface area contributed by atoms with Crippen LogP contribution in [-0.2, 0) is 18.0 Å². The van der Waals surface area contributed by atoms with E-state index in [1.807, 2.05) is 30.3 Å². The molecule has 1 aliphatic heterocycles. The molecule has 0 unspecified atom stereocenters. The number of ketones is 1. The summed E-state index contributed by atoms with van der Waals surface area (Å²) in [5.74, 6) is 2.24. The molecule has 1 fully saturated rings. The normalized spacial score (nSPS) is 13.8. The van der Waals surface area contributed by atoms with Crippen molar-refractivity contribution in [3.8, 4) is 22.6 Å². The second-order valence-electron chi connectivity index (χ2n) is 7.56. The number of fused-ring (bicyclic) bond motifs is 1. The number of aromatic nitrogens is 1. The van der Waals surface area contributed by atoms with Gasteiger partial charge in [-0.05, 0) is 63.4 Å². The van der Waals surface area contributed by atoms with Gasteiger partial charge < -0.3 is 24.6 Å². The van der Waals surface area contributed by atoms with Gasteiger partial charge in [-0.15, -0.1) is 12.4 Å². The van der Waals surface area contributed by atoms with Gasteiger partial charge in [0.1, 0.15) is 11.6 Å². The molecule has 0 spiro atoms. The molecule has 0 radical (unpaired) electrons. The van der Waals surface area contributed by atoms with E-state index in [1.165, 1.54) is 0 Å². The smallest absolute Gasteiger partial charge is 0.161 e. The second kappa shape index (κ2) is 10.2. The van der Waals surface area contributed by atoms with Crippen LogP contribution in [-0.4, -0.2) is 48.3 Å². The largest absolute Gasteiger partial charge is 0.493 e. The van der Waals surface area contributed by atoms with Crippen LogP contribution in [0, 0.1) is 0 Å². The third kappa shape index (κ3) is 4.37. The lowest BCUT2D eigenvalue weighted by molar-refractivity contribution is -0.119. The Morgan fingerprint density at radius 1 is 1.00 bits per heavy atom. The number of hydrogen-bond donors (Lipinski definition) is 2. The Morgan fingerprint density at radius 3 is 2.31 bits per heavy atom. The predicted octanol–water partition coefficient (Wildman–Crippen LogP) is 3.49. The first-order valence-corrected chi connectivity index (χ1v) is 10.2. The molecule has 0 aliphatic carbocycles. The minimum absolute atomic E-state index is 0. The summed E-state index contributed by atoms with van der Waals surface area (Å²) in [5.41, 5.74) is 3.01. The molecule has 0 atom stereocenters. The zero-order chi connectivity index (χ0) is 22.0. The Morgan fingerprint density at radius 2 is 1.69 bits per heavy atom. The van der Waals surface area contributed by atoms with Crippen LogP contribution in [0.25, 0.3) is 21.9 Å². The Bertz CT molecular complexity index is 1120. The van der Waals surface area contributed by atoms with Gasteiger partial charge in [0.2, 0.25) is 0 Å². The first kappa shape index (κ1) is 23.8. The second-order valence-corrected chi connectivity index (χ2v) is 7.56. The first-order valence-electron chi connectivity index (χ1n) is 10.2. The van der Waals surface area contributed by atoms with E-state index in [4.69, 9.17) is 9.47 Å². The first-order chi connectivity index (χ1) is 15.1. The molecule has 7 nitrogen and oxygen atoms in total. The number of carbonyl (C=O) groups excluding carboxylic acids is 1. The van der Waals surface area contributed by atoms with Crippen LogP contribution in [0.2, 0.25) is 0 Å². The van der Waals surface area contributed by atoms with E-state index in [2.05, 4.69) is 9.88 Å². The summed E-state index contributed by atoms with van der Waals surface area (Å²) in [7, 11) is 3.17. The van der Waals surface area contributed by atoms with Crippen molar-refractivity contribution in [2.45, 2.75) is 26.1 Å². The third-order valence-corrected chi connectivity index (χ3v) is 5.85. The van der Waals surface area contributed by atoms with Crippen LogP contribution >= 0.6 is 12.4 Å². The molecule has 32 heavy (non-hydrogen) atoms. The maximum Gasteiger partial charge on any atom is 0.161 e. The van der Waals surface area contributed by atoms with Crippen LogP contribution in [0.4, 0.5) is 5.82 Å². The highest BCUT2D eigenvalue weighted by molar-refractivity contribution is 6.01. The number of rotatable bonds is 6. The van der Waals surface area contributed by atoms with Crippen molar-refractivity contribution in [2.24, 2.45) is 0 Å². The number of piperidine rings is 1. The summed E-state index contributed by atoms with van der Waals surface area (Å²) in [6.07, 6.45) is 2.78. The molecular weight excluding hydrogens is 432 g/mol. The SMILES string of the molecule is COc1cc2cc(CO)c(CO)c(-c3ccnc(N4CCC(=O)CC4)c3)c2cc1OC.Cl. The third-order valence-electron chi connectivity index (χ3n) is 5.85. The van der Waals surface area contributed by atoms with Crippen LogP contribution in [0.1, 0.15) is 24.0 Å². The number of carbonyl (C=O) groups is 1. The van der Waals surface area contributed by atoms with E-state index in [-0.39, 0.29) is 31.4 Å². The topological polar surface area (TPSA) is 92.1 Å². The molecule has 1 aliphatic rings. The van der Waals surface area contributed by atoms with Crippen molar-refractivity contribution < 1.29 is 24.5 Å². The number of ether oxygens (including phenoxy) is 2. The van der Waals surface area contributed by atoms with E-state index in [9.17, 15) is 15.0 Å². The number of nitrogens with zero attached hydrogens (tertiary/aromatic N) is 2. The van der Waals surface area contributed by atoms with E-state index in [0.717, 1.165) is 27.7 Å². The Labute approximate surface area is 193 Å². The highest BCUT2D eigenvalue weighted by atomic mass is 35.5. The summed E-state index contributed by atoms with van der Waals surface area (Å²) in [5, 5.41) is 21.9. The van der Waals surface area contributed by atoms with Crippen molar-refractivity contribution in [3.63, 3.8) is 0 Å². The lowest BCUT2D eigenvalue weighted by Gasteiger charge is -2.27. The van der Waals surface area contributed by atoms with Gasteiger partial charge in [-0.2, -0.15) is 0 Å². The van der Waals surface area contributed by atoms with Crippen molar-refractivity contribution in [2.75, 3.05) is 32.2 Å². The van der Waals surface area contributed by atoms with E-state index in [0.29, 0.717) is 48.6 Å². The highest BCUT2D eigenvalue weighted by Crippen LogP contribution is 2.41. The van der Waals surface area contributed by atoms with Crippen molar-refractivity contribution in [3.05, 3.63) is 47.7 Å². The molecule has 1 saturated heterocycles. The summed E-state index contributed by atoms with van der Waals surface area (Å²) < 4.78 is 11.0. The number of halogens is 1. The number of anilines is 1. The lowest BCUT2D eigenvalue weighted by Crippen LogP contribution is -2.34. The molecule has 170 valence electrons. The lowest BCUT2D eigenvalue weighted by atomic mass is 9.90. The van der Waals surface area contributed by atoms with Gasteiger partial charge in [0.25, 0.3) is 0 Å². The quantitative estimate of drug-likeness (QED) is 0.584. The van der Waals surface area contributed by atoms with Crippen molar-refractivity contribution in [1.82, 2.24) is 4.98 Å². The molecule has 2 heterocycles. The van der Waals surface area contributed by atoms with E-state index < -0.39 is 0 Å². The fourth-order valence-corrected chi connectivity index (χ4v) is 4.21. The molecular formula is C24H27ClN2O5. The number of methoxy groups -OCH3 is 2. The molecule has 0 bridgehead atoms. The Hall–Kier alpha value is -2.87. The molecule has 0 amide bonds. The number of benzene rings is 2. The van der Waals surface area contributed by atoms with Crippen molar-refractivity contribution in [1.29, 1.82) is 0 Å². The van der Waals surface area contributed by atoms with Crippen LogP contribution in [0.5, 0.6) is 11.5 Å². The molecule has 2 N–H and O–H groups in total. The number of aliphatic hydroxyl groups is 2. The number of aliphatic hydroxyl groups excluding tert-OH is 2. The van der Waals surface area contributed by atoms with Gasteiger partial charge in [-0.1, -0.05) is 0 Å². The Kier molecular flexibility index (Phi) is 7.56. The number of Topliss-reactive ketones (excluding diaryl/α,β-unsaturated/α-hetero) is 1. The van der Waals surface area contributed by atoms with Gasteiger partial charge in [0.05, 0.1) is 27.4 Å². The van der Waals surface area contributed by atoms with Crippen LogP contribution < -0.4 is 14.4 Å². The van der Waals surface area contributed by atoms with Crippen LogP contribution in [0.15, 0.2) is 36.5 Å². The molecule has 2 aromatic carbocycles. The standard InChI is InChI=1S/C24H26N2O5.ClH/c1-30-21-10-16-9-17(13-27)20(14-28)24(19(16)12-22(21)31-2)15-3-6-25-23(11-15)26-7-4-18(29)5-8-26;/h3,6,9-12,27-28H,4-5,7-8,13-14H2,1-2H3;1H. The predicted molar refractivity (Wildman–Crippen MR) is 126 cm³/mol. The number of hydrogen-bond acceptors (Lipinski definition) is 7. The molecule has 3 aromatic rings. The minimum atomic E-state index is -0.217. The maximum absolute atomic E-state index is 11.6. The highest BCUT2D eigenvalue weighted by Gasteiger charge is 2.20. The number of pyridine rings is 1. The molecule has 0 saturated carbocycles. The monoisotopic (exact) mass is 458 g/mol. The molecule has 8 heteroatoms. The van der Waals surface area contributed by atoms with Gasteiger partial charge in [0, 0.05) is 32.1 Å². The van der Waals surface area contributed by atoms with Gasteiger partial charge in [-0.3, -0.25) is 4.79 Å². The summed E-state index contributed by atoms with van der Waals surface area (Å²) in [6.45, 7) is 0.875. The average Bonchev–Trinajstić information content (AvgIpc) is 2.82. The fraction of sp³-hybridized carbons (Fsp3) is 0.333. The fourth-order valence-electron chi connectivity index (χ4n) is 4.21. The average molecular weight is 459 g/mol. The Balaban J connectivity index is 0.00000289. The summed E-state index contributed by atoms with van der Waals surface area (Å²) in [4.78, 5) is 18.2. The summed E-state index contributed by atoms with van der Waals surface area (Å²) in [6, 6.07) is 9.50. The van der Waals surface area contributed by atoms with Crippen molar-refractivity contribution >= 4 is 34.8 Å². The molecule has 1 aromatic heterocycles. The van der Waals surface area contributed by atoms with Gasteiger partial charge >= 0.3 is 0 Å². The van der Waals surface area contributed by atoms with Crippen LogP contribution in [0.3, 0.4) is 0 Å².